The lowest BCUT2D eigenvalue weighted by Crippen LogP contribution is -2.42. The predicted molar refractivity (Wildman–Crippen MR) is 145 cm³/mol. The van der Waals surface area contributed by atoms with E-state index in [1.165, 1.54) is 12.6 Å². The summed E-state index contributed by atoms with van der Waals surface area (Å²) in [5, 5.41) is 10.8. The highest BCUT2D eigenvalue weighted by Crippen LogP contribution is 2.24. The van der Waals surface area contributed by atoms with Crippen molar-refractivity contribution in [1.82, 2.24) is 29.6 Å². The molecule has 3 N–H and O–H groups in total. The summed E-state index contributed by atoms with van der Waals surface area (Å²) in [4.78, 5) is 39.9. The van der Waals surface area contributed by atoms with Gasteiger partial charge in [0.15, 0.2) is 0 Å². The van der Waals surface area contributed by atoms with E-state index in [-0.39, 0.29) is 16.1 Å². The average Bonchev–Trinajstić information content (AvgIpc) is 3.48. The first-order chi connectivity index (χ1) is 17.4. The molecule has 0 unspecified atom stereocenters. The molecule has 5 rings (SSSR count). The van der Waals surface area contributed by atoms with Gasteiger partial charge in [0.25, 0.3) is 5.91 Å². The molecule has 1 aliphatic rings. The number of nitrogens with zero attached hydrogens (tertiary/aromatic N) is 5. The number of hydrogen-bond donors (Lipinski definition) is 3. The van der Waals surface area contributed by atoms with E-state index in [1.54, 1.807) is 29.2 Å². The van der Waals surface area contributed by atoms with E-state index in [0.29, 0.717) is 40.9 Å². The van der Waals surface area contributed by atoms with Gasteiger partial charge in [0, 0.05) is 40.7 Å². The van der Waals surface area contributed by atoms with Crippen molar-refractivity contribution in [2.24, 2.45) is 7.05 Å². The van der Waals surface area contributed by atoms with Crippen LogP contribution in [0.15, 0.2) is 43.0 Å². The van der Waals surface area contributed by atoms with Gasteiger partial charge < -0.3 is 15.6 Å². The number of hydrogen-bond acceptors (Lipinski definition) is 6. The topological polar surface area (TPSA) is 121 Å². The van der Waals surface area contributed by atoms with Crippen LogP contribution in [0.5, 0.6) is 0 Å². The Labute approximate surface area is 213 Å². The van der Waals surface area contributed by atoms with Gasteiger partial charge in [-0.3, -0.25) is 24.2 Å². The number of carbonyl (C=O) groups excluding carboxylic acids is 2. The molecule has 10 nitrogen and oxygen atoms in total. The van der Waals surface area contributed by atoms with Gasteiger partial charge in [-0.05, 0) is 51.4 Å². The molecule has 0 saturated carbocycles. The van der Waals surface area contributed by atoms with Crippen LogP contribution >= 0.6 is 0 Å². The maximum absolute atomic E-state index is 13.0. The maximum Gasteiger partial charge on any atom is 0.257 e. The van der Waals surface area contributed by atoms with Crippen molar-refractivity contribution in [3.8, 4) is 11.3 Å². The number of fused-ring (bicyclic) bond motifs is 1. The van der Waals surface area contributed by atoms with Crippen LogP contribution in [0.3, 0.4) is 0 Å². The quantitative estimate of drug-likeness (QED) is 0.365. The number of nitrogens with one attached hydrogen (secondary N) is 3. The highest BCUT2D eigenvalue weighted by Gasteiger charge is 2.21. The molecule has 1 aliphatic heterocycles. The molecule has 1 saturated heterocycles. The van der Waals surface area contributed by atoms with Gasteiger partial charge in [-0.1, -0.05) is 6.42 Å². The minimum Gasteiger partial charge on any atom is -0.339 e. The highest BCUT2D eigenvalue weighted by atomic mass is 16.2. The Kier molecular flexibility index (Phi) is 6.51. The zero-order valence-electron chi connectivity index (χ0n) is 20.7. The van der Waals surface area contributed by atoms with Gasteiger partial charge in [0.1, 0.15) is 5.65 Å². The lowest BCUT2D eigenvalue weighted by Gasteiger charge is -2.32. The molecule has 0 bridgehead atoms. The largest absolute Gasteiger partial charge is 0.339 e. The van der Waals surface area contributed by atoms with Gasteiger partial charge >= 0.3 is 0 Å². The van der Waals surface area contributed by atoms with Crippen LogP contribution in [-0.4, -0.2) is 60.6 Å². The van der Waals surface area contributed by atoms with Crippen molar-refractivity contribution in [3.05, 3.63) is 54.2 Å². The average molecular weight is 493 g/mol. The molecular weight excluding hydrogens is 456 g/mol. The fourth-order valence-electron chi connectivity index (χ4n) is 4.56. The summed E-state index contributed by atoms with van der Waals surface area (Å²) in [5.74, 6) is -0.387. The second kappa shape index (κ2) is 9.90. The minimum absolute atomic E-state index is 0. The standard InChI is InChI=1S/C26H30N8O2.3H2/c1-16-6-4-5-7-34(16)15-24(35)30-21-10-22(17(2)27-13-21)32-26(36)19-8-18-9-23(31-25(18)28-11-19)20-12-29-33(3)14-20;;;/h8-14,16H,4-7,15H2,1-3H3,(H,28,31)(H,30,35)(H,32,36);3*1H/t16-;;;/m1.../s1. The molecular formula is C26H36N8O2. The Hall–Kier alpha value is -4.05. The van der Waals surface area contributed by atoms with Crippen molar-refractivity contribution in [2.45, 2.75) is 39.2 Å². The van der Waals surface area contributed by atoms with Gasteiger partial charge in [-0.25, -0.2) is 4.98 Å². The van der Waals surface area contributed by atoms with Crippen LogP contribution in [0.1, 0.15) is 46.5 Å². The third kappa shape index (κ3) is 5.13. The molecule has 4 aromatic rings. The monoisotopic (exact) mass is 492 g/mol. The zero-order chi connectivity index (χ0) is 25.2. The number of anilines is 2. The van der Waals surface area contributed by atoms with Crippen LogP contribution in [-0.2, 0) is 11.8 Å². The Morgan fingerprint density at radius 3 is 2.78 bits per heavy atom. The number of piperidine rings is 1. The first-order valence-corrected chi connectivity index (χ1v) is 12.2. The smallest absolute Gasteiger partial charge is 0.257 e. The summed E-state index contributed by atoms with van der Waals surface area (Å²) in [6.07, 6.45) is 10.3. The fourth-order valence-corrected chi connectivity index (χ4v) is 4.56. The predicted octanol–water partition coefficient (Wildman–Crippen LogP) is 4.47. The van der Waals surface area contributed by atoms with E-state index >= 15 is 0 Å². The number of aromatic nitrogens is 5. The van der Waals surface area contributed by atoms with Crippen molar-refractivity contribution in [1.29, 1.82) is 0 Å². The van der Waals surface area contributed by atoms with Gasteiger partial charge in [-0.15, -0.1) is 0 Å². The number of carbonyl (C=O) groups is 2. The third-order valence-corrected chi connectivity index (χ3v) is 6.65. The number of aryl methyl sites for hydroxylation is 2. The number of aromatic amines is 1. The molecule has 192 valence electrons. The zero-order valence-corrected chi connectivity index (χ0v) is 20.7. The van der Waals surface area contributed by atoms with Crippen molar-refractivity contribution in [3.63, 3.8) is 0 Å². The van der Waals surface area contributed by atoms with E-state index < -0.39 is 0 Å². The molecule has 0 aromatic carbocycles. The SMILES string of the molecule is Cc1ncc(NC(=O)CN2CCCC[C@H]2C)cc1NC(=O)c1cnc2[nH]c(-c3cnn(C)c3)cc2c1.[HH].[HH].[HH]. The second-order valence-electron chi connectivity index (χ2n) is 9.42. The van der Waals surface area contributed by atoms with Crippen LogP contribution in [0.4, 0.5) is 11.4 Å². The number of pyridine rings is 2. The van der Waals surface area contributed by atoms with Crippen molar-refractivity contribution < 1.29 is 13.9 Å². The van der Waals surface area contributed by atoms with Crippen molar-refractivity contribution >= 4 is 34.2 Å². The fraction of sp³-hybridized carbons (Fsp3) is 0.346. The summed E-state index contributed by atoms with van der Waals surface area (Å²) in [7, 11) is 1.86. The normalized spacial score (nSPS) is 16.2. The third-order valence-electron chi connectivity index (χ3n) is 6.65. The number of rotatable bonds is 6. The summed E-state index contributed by atoms with van der Waals surface area (Å²) in [5.41, 5.74) is 4.67. The van der Waals surface area contributed by atoms with Crippen LogP contribution in [0, 0.1) is 6.92 Å². The molecule has 36 heavy (non-hydrogen) atoms. The van der Waals surface area contributed by atoms with Crippen LogP contribution in [0.25, 0.3) is 22.3 Å². The Bertz CT molecular complexity index is 1440. The number of amides is 2. The summed E-state index contributed by atoms with van der Waals surface area (Å²) < 4.78 is 1.73. The molecule has 1 fully saturated rings. The molecule has 0 radical (unpaired) electrons. The van der Waals surface area contributed by atoms with E-state index in [4.69, 9.17) is 0 Å². The summed E-state index contributed by atoms with van der Waals surface area (Å²) >= 11 is 0. The molecule has 10 heteroatoms. The first-order valence-electron chi connectivity index (χ1n) is 12.2. The molecule has 0 spiro atoms. The van der Waals surface area contributed by atoms with Gasteiger partial charge in [0.05, 0.1) is 47.3 Å². The van der Waals surface area contributed by atoms with Crippen LogP contribution < -0.4 is 10.6 Å². The second-order valence-corrected chi connectivity index (χ2v) is 9.42. The van der Waals surface area contributed by atoms with E-state index in [0.717, 1.165) is 36.0 Å². The molecule has 0 aliphatic carbocycles. The Morgan fingerprint density at radius 1 is 1.14 bits per heavy atom. The van der Waals surface area contributed by atoms with E-state index in [2.05, 4.69) is 42.5 Å². The number of H-pyrrole nitrogens is 1. The van der Waals surface area contributed by atoms with Gasteiger partial charge in [0.2, 0.25) is 5.91 Å². The first kappa shape index (κ1) is 23.7. The van der Waals surface area contributed by atoms with Crippen LogP contribution in [0.2, 0.25) is 0 Å². The minimum atomic E-state index is -0.302. The van der Waals surface area contributed by atoms with Gasteiger partial charge in [-0.2, -0.15) is 5.10 Å². The summed E-state index contributed by atoms with van der Waals surface area (Å²) in [6, 6.07) is 5.88. The molecule has 1 atom stereocenters. The highest BCUT2D eigenvalue weighted by molar-refractivity contribution is 6.06. The lowest BCUT2D eigenvalue weighted by atomic mass is 10.0. The Morgan fingerprint density at radius 2 is 2.00 bits per heavy atom. The van der Waals surface area contributed by atoms with Crippen molar-refractivity contribution in [2.75, 3.05) is 23.7 Å². The Balaban J connectivity index is 0.00000178. The maximum atomic E-state index is 13.0. The molecule has 2 amide bonds. The lowest BCUT2D eigenvalue weighted by molar-refractivity contribution is -0.118. The van der Waals surface area contributed by atoms with E-state index in [1.807, 2.05) is 26.2 Å². The molecule has 5 heterocycles. The summed E-state index contributed by atoms with van der Waals surface area (Å²) in [6.45, 7) is 5.25. The number of likely N-dealkylation sites (tertiary alicyclic amines) is 1. The molecule has 4 aromatic heterocycles. The van der Waals surface area contributed by atoms with E-state index in [9.17, 15) is 9.59 Å².